The number of ether oxygens (including phenoxy) is 1. The zero-order chi connectivity index (χ0) is 22.9. The molecule has 2 aromatic carbocycles. The van der Waals surface area contributed by atoms with Crippen LogP contribution in [0.1, 0.15) is 28.6 Å². The molecular weight excluding hydrogens is 449 g/mol. The molecule has 0 aliphatic rings. The van der Waals surface area contributed by atoms with Crippen LogP contribution in [-0.4, -0.2) is 25.7 Å². The van der Waals surface area contributed by atoms with Gasteiger partial charge in [-0.15, -0.1) is 5.10 Å². The van der Waals surface area contributed by atoms with Crippen LogP contribution in [0.4, 0.5) is 4.39 Å². The summed E-state index contributed by atoms with van der Waals surface area (Å²) in [5, 5.41) is 6.05. The topological polar surface area (TPSA) is 114 Å². The number of hydrogen-bond donors (Lipinski definition) is 2. The van der Waals surface area contributed by atoms with Gasteiger partial charge in [0, 0.05) is 16.7 Å². The molecule has 0 spiro atoms. The van der Waals surface area contributed by atoms with Crippen molar-refractivity contribution >= 4 is 27.2 Å². The fraction of sp³-hybridized carbons (Fsp3) is 0.200. The molecule has 0 saturated carbocycles. The number of aryl methyl sites for hydroxylation is 1. The Labute approximate surface area is 182 Å². The predicted octanol–water partition coefficient (Wildman–Crippen LogP) is 3.51. The molecule has 0 radical (unpaired) electrons. The summed E-state index contributed by atoms with van der Waals surface area (Å²) >= 11 is 5.92. The summed E-state index contributed by atoms with van der Waals surface area (Å²) in [6, 6.07) is 5.41. The van der Waals surface area contributed by atoms with E-state index >= 15 is 0 Å². The van der Waals surface area contributed by atoms with Gasteiger partial charge in [-0.05, 0) is 48.7 Å². The monoisotopic (exact) mass is 467 g/mol. The Morgan fingerprint density at radius 3 is 2.65 bits per heavy atom. The highest BCUT2D eigenvalue weighted by Crippen LogP contribution is 2.35. The second kappa shape index (κ2) is 8.66. The van der Waals surface area contributed by atoms with Gasteiger partial charge in [-0.25, -0.2) is 22.7 Å². The lowest BCUT2D eigenvalue weighted by atomic mass is 9.93. The summed E-state index contributed by atoms with van der Waals surface area (Å²) in [6.45, 7) is 7.32. The minimum absolute atomic E-state index is 0.00505. The Balaban J connectivity index is 2.13. The fourth-order valence-electron chi connectivity index (χ4n) is 3.04. The molecule has 2 N–H and O–H groups in total. The van der Waals surface area contributed by atoms with Gasteiger partial charge in [-0.1, -0.05) is 24.2 Å². The Morgan fingerprint density at radius 2 is 2.03 bits per heavy atom. The second-order valence-corrected chi connectivity index (χ2v) is 8.81. The zero-order valence-electron chi connectivity index (χ0n) is 16.8. The average molecular weight is 468 g/mol. The first kappa shape index (κ1) is 22.7. The molecule has 0 bridgehead atoms. The van der Waals surface area contributed by atoms with E-state index in [4.69, 9.17) is 20.8 Å². The lowest BCUT2D eigenvalue weighted by Crippen LogP contribution is -2.30. The quantitative estimate of drug-likeness (QED) is 0.549. The highest BCUT2D eigenvalue weighted by atomic mass is 35.5. The summed E-state index contributed by atoms with van der Waals surface area (Å²) in [4.78, 5) is 11.3. The van der Waals surface area contributed by atoms with Crippen molar-refractivity contribution in [1.82, 2.24) is 14.9 Å². The molecule has 0 aliphatic heterocycles. The van der Waals surface area contributed by atoms with E-state index in [0.717, 1.165) is 5.56 Å². The molecule has 11 heteroatoms. The van der Waals surface area contributed by atoms with Crippen LogP contribution in [0.3, 0.4) is 0 Å². The van der Waals surface area contributed by atoms with Crippen LogP contribution in [0.15, 0.2) is 51.0 Å². The number of nitrogens with one attached hydrogen (secondary N) is 2. The van der Waals surface area contributed by atoms with Crippen LogP contribution in [0.2, 0.25) is 5.02 Å². The van der Waals surface area contributed by atoms with Crippen LogP contribution < -0.4 is 15.2 Å². The van der Waals surface area contributed by atoms with Gasteiger partial charge in [0.2, 0.25) is 15.9 Å². The molecule has 1 heterocycles. The summed E-state index contributed by atoms with van der Waals surface area (Å²) in [7, 11) is -2.99. The summed E-state index contributed by atoms with van der Waals surface area (Å²) in [5.74, 6) is -1.85. The maximum atomic E-state index is 14.7. The maximum Gasteiger partial charge on any atom is 0.434 e. The summed E-state index contributed by atoms with van der Waals surface area (Å²) in [5.41, 5.74) is 1.41. The number of aromatic nitrogens is 2. The van der Waals surface area contributed by atoms with Crippen LogP contribution in [0.5, 0.6) is 5.75 Å². The van der Waals surface area contributed by atoms with E-state index in [2.05, 4.69) is 21.5 Å². The molecule has 8 nitrogen and oxygen atoms in total. The van der Waals surface area contributed by atoms with Crippen molar-refractivity contribution < 1.29 is 22.0 Å². The van der Waals surface area contributed by atoms with E-state index in [1.165, 1.54) is 31.4 Å². The number of benzene rings is 2. The van der Waals surface area contributed by atoms with Crippen molar-refractivity contribution in [3.8, 4) is 5.75 Å². The van der Waals surface area contributed by atoms with Crippen molar-refractivity contribution in [2.75, 3.05) is 7.11 Å². The predicted molar refractivity (Wildman–Crippen MR) is 113 cm³/mol. The number of sulfonamides is 1. The minimum Gasteiger partial charge on any atom is -0.495 e. The SMILES string of the molecule is C=C(c1c(F)ccc(C)c1C)[C@H](NS(=O)(=O)c1ccc(Cl)cc1OC)c1n[nH]c(=O)o1. The molecule has 0 saturated heterocycles. The first-order valence-electron chi connectivity index (χ1n) is 8.91. The molecule has 0 unspecified atom stereocenters. The molecule has 0 amide bonds. The van der Waals surface area contributed by atoms with Crippen molar-refractivity contribution in [3.63, 3.8) is 0 Å². The van der Waals surface area contributed by atoms with Gasteiger partial charge in [0.1, 0.15) is 22.5 Å². The van der Waals surface area contributed by atoms with Crippen LogP contribution >= 0.6 is 11.6 Å². The number of aromatic amines is 1. The van der Waals surface area contributed by atoms with E-state index in [1.54, 1.807) is 19.9 Å². The Hall–Kier alpha value is -2.95. The summed E-state index contributed by atoms with van der Waals surface area (Å²) < 4.78 is 53.5. The third-order valence-electron chi connectivity index (χ3n) is 4.74. The first-order valence-corrected chi connectivity index (χ1v) is 10.8. The molecule has 0 aliphatic carbocycles. The number of rotatable bonds is 7. The zero-order valence-corrected chi connectivity index (χ0v) is 18.4. The number of halogens is 2. The standard InChI is InChI=1S/C20H19ClFN3O5S/c1-10-5-7-14(22)17(11(10)2)12(3)18(19-23-24-20(26)30-19)25-31(27,28)16-8-6-13(21)9-15(16)29-4/h5-9,18,25H,3H2,1-2,4H3,(H,24,26)/t18-/m0/s1. The second-order valence-electron chi connectivity index (χ2n) is 6.69. The molecule has 1 aromatic heterocycles. The van der Waals surface area contributed by atoms with Gasteiger partial charge in [-0.3, -0.25) is 0 Å². The highest BCUT2D eigenvalue weighted by molar-refractivity contribution is 7.89. The van der Waals surface area contributed by atoms with Gasteiger partial charge < -0.3 is 9.15 Å². The normalized spacial score (nSPS) is 12.5. The minimum atomic E-state index is -4.28. The number of methoxy groups -OCH3 is 1. The summed E-state index contributed by atoms with van der Waals surface area (Å²) in [6.07, 6.45) is 0. The van der Waals surface area contributed by atoms with Crippen LogP contribution in [-0.2, 0) is 10.0 Å². The Kier molecular flexibility index (Phi) is 6.35. The van der Waals surface area contributed by atoms with Gasteiger partial charge in [0.25, 0.3) is 0 Å². The number of H-pyrrole nitrogens is 1. The van der Waals surface area contributed by atoms with E-state index in [0.29, 0.717) is 5.56 Å². The molecular formula is C20H19ClFN3O5S. The third kappa shape index (κ3) is 4.55. The van der Waals surface area contributed by atoms with Crippen molar-refractivity contribution in [2.45, 2.75) is 24.8 Å². The van der Waals surface area contributed by atoms with Gasteiger partial charge >= 0.3 is 5.76 Å². The van der Waals surface area contributed by atoms with E-state index in [9.17, 15) is 17.6 Å². The van der Waals surface area contributed by atoms with E-state index in [1.807, 2.05) is 0 Å². The number of hydrogen-bond acceptors (Lipinski definition) is 6. The third-order valence-corrected chi connectivity index (χ3v) is 6.44. The van der Waals surface area contributed by atoms with E-state index in [-0.39, 0.29) is 32.7 Å². The molecule has 0 fully saturated rings. The van der Waals surface area contributed by atoms with Gasteiger partial charge in [-0.2, -0.15) is 4.72 Å². The van der Waals surface area contributed by atoms with Crippen molar-refractivity contribution in [1.29, 1.82) is 0 Å². The smallest absolute Gasteiger partial charge is 0.434 e. The molecule has 1 atom stereocenters. The molecule has 31 heavy (non-hydrogen) atoms. The van der Waals surface area contributed by atoms with Gasteiger partial charge in [0.15, 0.2) is 0 Å². The number of nitrogens with zero attached hydrogens (tertiary/aromatic N) is 1. The molecule has 164 valence electrons. The largest absolute Gasteiger partial charge is 0.495 e. The Bertz CT molecular complexity index is 1320. The average Bonchev–Trinajstić information content (AvgIpc) is 3.14. The van der Waals surface area contributed by atoms with Crippen LogP contribution in [0, 0.1) is 19.7 Å². The molecule has 3 rings (SSSR count). The molecule has 3 aromatic rings. The fourth-order valence-corrected chi connectivity index (χ4v) is 4.54. The van der Waals surface area contributed by atoms with Crippen molar-refractivity contribution in [2.24, 2.45) is 0 Å². The van der Waals surface area contributed by atoms with Crippen LogP contribution in [0.25, 0.3) is 5.57 Å². The van der Waals surface area contributed by atoms with Crippen molar-refractivity contribution in [3.05, 3.63) is 80.9 Å². The van der Waals surface area contributed by atoms with Gasteiger partial charge in [0.05, 0.1) is 7.11 Å². The lowest BCUT2D eigenvalue weighted by molar-refractivity contribution is 0.401. The highest BCUT2D eigenvalue weighted by Gasteiger charge is 2.32. The Morgan fingerprint density at radius 1 is 1.32 bits per heavy atom. The lowest BCUT2D eigenvalue weighted by Gasteiger charge is -2.21. The van der Waals surface area contributed by atoms with E-state index < -0.39 is 27.6 Å². The maximum absolute atomic E-state index is 14.7. The first-order chi connectivity index (χ1) is 14.5.